The fraction of sp³-hybridized carbons (Fsp3) is 0.0741. The number of benzene rings is 4. The summed E-state index contributed by atoms with van der Waals surface area (Å²) in [6, 6.07) is 20.8. The smallest absolute Gasteiger partial charge is 0.340 e. The normalized spacial score (nSPS) is 14.5. The molecule has 0 unspecified atom stereocenters. The quantitative estimate of drug-likeness (QED) is 0.242. The van der Waals surface area contributed by atoms with Crippen LogP contribution in [0.1, 0.15) is 38.2 Å². The number of nitro benzene ring substituents is 1. The summed E-state index contributed by atoms with van der Waals surface area (Å²) in [7, 11) is 0. The van der Waals surface area contributed by atoms with Crippen molar-refractivity contribution in [1.82, 2.24) is 0 Å². The summed E-state index contributed by atoms with van der Waals surface area (Å²) in [5.74, 6) is -0.0655. The van der Waals surface area contributed by atoms with E-state index in [4.69, 9.17) is 9.47 Å². The number of para-hydroxylation sites is 1. The molecular weight excluding hydrogens is 450 g/mol. The van der Waals surface area contributed by atoms with E-state index >= 15 is 0 Å². The molecule has 0 saturated carbocycles. The Morgan fingerprint density at radius 1 is 0.800 bits per heavy atom. The third kappa shape index (κ3) is 2.96. The lowest BCUT2D eigenvalue weighted by atomic mass is 9.76. The third-order valence-corrected chi connectivity index (χ3v) is 6.46. The lowest BCUT2D eigenvalue weighted by molar-refractivity contribution is -0.385. The van der Waals surface area contributed by atoms with Gasteiger partial charge in [0.1, 0.15) is 23.0 Å². The maximum Gasteiger partial charge on any atom is 0.340 e. The first-order chi connectivity index (χ1) is 16.9. The second kappa shape index (κ2) is 7.33. The fourth-order valence-electron chi connectivity index (χ4n) is 5.01. The number of rotatable bonds is 3. The summed E-state index contributed by atoms with van der Waals surface area (Å²) in [4.78, 5) is 24.5. The number of nitro groups is 1. The van der Waals surface area contributed by atoms with E-state index in [1.165, 1.54) is 30.3 Å². The summed E-state index contributed by atoms with van der Waals surface area (Å²) in [6.07, 6.45) is 0.160. The molecule has 4 aromatic carbocycles. The highest BCUT2D eigenvalue weighted by molar-refractivity contribution is 5.98. The number of fused-ring (bicyclic) bond motifs is 6. The highest BCUT2D eigenvalue weighted by atomic mass is 16.6. The topological polar surface area (TPSA) is 119 Å². The van der Waals surface area contributed by atoms with Crippen LogP contribution in [0, 0.1) is 10.1 Å². The van der Waals surface area contributed by atoms with Gasteiger partial charge in [-0.25, -0.2) is 4.79 Å². The highest BCUT2D eigenvalue weighted by Gasteiger charge is 2.54. The van der Waals surface area contributed by atoms with Crippen LogP contribution >= 0.6 is 0 Å². The number of esters is 1. The lowest BCUT2D eigenvalue weighted by Crippen LogP contribution is -2.32. The molecule has 0 saturated heterocycles. The van der Waals surface area contributed by atoms with Crippen molar-refractivity contribution < 1.29 is 29.4 Å². The van der Waals surface area contributed by atoms with Gasteiger partial charge in [-0.3, -0.25) is 10.1 Å². The lowest BCUT2D eigenvalue weighted by Gasteiger charge is -2.36. The minimum atomic E-state index is -1.38. The Bertz CT molecular complexity index is 1510. The highest BCUT2D eigenvalue weighted by Crippen LogP contribution is 2.57. The standard InChI is InChI=1S/C27H17NO7/c29-17-8-10-19-23(13-17)34-24-14-18(30)9-11-20(24)27(19)21-6-3-5-16(25(21)26(31)35-27)12-15-4-1-2-7-22(15)28(32)33/h1-11,13-14,29-30H,12H2. The molecule has 8 nitrogen and oxygen atoms in total. The number of phenols is 2. The number of hydrogen-bond donors (Lipinski definition) is 2. The van der Waals surface area contributed by atoms with Gasteiger partial charge in [-0.15, -0.1) is 0 Å². The molecule has 0 atom stereocenters. The van der Waals surface area contributed by atoms with Crippen LogP contribution in [0.4, 0.5) is 5.69 Å². The molecule has 2 aliphatic heterocycles. The summed E-state index contributed by atoms with van der Waals surface area (Å²) in [6.45, 7) is 0. The molecule has 172 valence electrons. The number of nitrogens with zero attached hydrogens (tertiary/aromatic N) is 1. The average Bonchev–Trinajstić information content (AvgIpc) is 3.12. The summed E-state index contributed by atoms with van der Waals surface area (Å²) >= 11 is 0. The van der Waals surface area contributed by atoms with Crippen LogP contribution in [0.15, 0.2) is 78.9 Å². The van der Waals surface area contributed by atoms with Crippen molar-refractivity contribution in [3.05, 3.63) is 122 Å². The van der Waals surface area contributed by atoms with Gasteiger partial charge in [0.2, 0.25) is 0 Å². The molecule has 1 spiro atoms. The van der Waals surface area contributed by atoms with Crippen LogP contribution in [0.2, 0.25) is 0 Å². The molecule has 0 fully saturated rings. The van der Waals surface area contributed by atoms with Gasteiger partial charge in [0.25, 0.3) is 5.69 Å². The van der Waals surface area contributed by atoms with Crippen LogP contribution in [-0.4, -0.2) is 21.1 Å². The van der Waals surface area contributed by atoms with Gasteiger partial charge < -0.3 is 19.7 Å². The largest absolute Gasteiger partial charge is 0.508 e. The third-order valence-electron chi connectivity index (χ3n) is 6.46. The zero-order valence-corrected chi connectivity index (χ0v) is 18.1. The number of hydrogen-bond acceptors (Lipinski definition) is 7. The predicted molar refractivity (Wildman–Crippen MR) is 124 cm³/mol. The Hall–Kier alpha value is -4.85. The van der Waals surface area contributed by atoms with E-state index in [0.29, 0.717) is 33.4 Å². The van der Waals surface area contributed by atoms with Gasteiger partial charge in [-0.2, -0.15) is 0 Å². The predicted octanol–water partition coefficient (Wildman–Crippen LogP) is 5.16. The van der Waals surface area contributed by atoms with Crippen LogP contribution in [-0.2, 0) is 16.8 Å². The number of phenolic OH excluding ortho intramolecular Hbond substituents is 2. The van der Waals surface area contributed by atoms with Crippen molar-refractivity contribution in [2.75, 3.05) is 0 Å². The van der Waals surface area contributed by atoms with Crippen molar-refractivity contribution in [3.8, 4) is 23.0 Å². The summed E-state index contributed by atoms with van der Waals surface area (Å²) in [5.41, 5.74) is 1.57. The Labute approximate surface area is 198 Å². The van der Waals surface area contributed by atoms with Crippen molar-refractivity contribution in [2.24, 2.45) is 0 Å². The summed E-state index contributed by atoms with van der Waals surface area (Å²) in [5, 5.41) is 31.7. The van der Waals surface area contributed by atoms with Gasteiger partial charge in [-0.05, 0) is 29.8 Å². The molecule has 0 aromatic heterocycles. The van der Waals surface area contributed by atoms with Gasteiger partial charge in [0.15, 0.2) is 5.60 Å². The summed E-state index contributed by atoms with van der Waals surface area (Å²) < 4.78 is 12.1. The Morgan fingerprint density at radius 2 is 1.43 bits per heavy atom. The van der Waals surface area contributed by atoms with E-state index in [1.807, 2.05) is 0 Å². The molecule has 2 aliphatic rings. The molecule has 2 heterocycles. The average molecular weight is 467 g/mol. The van der Waals surface area contributed by atoms with E-state index in [0.717, 1.165) is 0 Å². The number of aromatic hydroxyl groups is 2. The minimum absolute atomic E-state index is 0.0288. The van der Waals surface area contributed by atoms with E-state index in [2.05, 4.69) is 0 Å². The molecule has 2 N–H and O–H groups in total. The molecule has 0 bridgehead atoms. The molecule has 6 rings (SSSR count). The zero-order valence-electron chi connectivity index (χ0n) is 18.1. The van der Waals surface area contributed by atoms with Gasteiger partial charge in [-0.1, -0.05) is 36.4 Å². The Morgan fingerprint density at radius 3 is 2.09 bits per heavy atom. The van der Waals surface area contributed by atoms with Crippen molar-refractivity contribution in [2.45, 2.75) is 12.0 Å². The first-order valence-electron chi connectivity index (χ1n) is 10.8. The second-order valence-corrected chi connectivity index (χ2v) is 8.44. The molecule has 0 radical (unpaired) electrons. The Balaban J connectivity index is 1.59. The van der Waals surface area contributed by atoms with E-state index in [1.54, 1.807) is 48.5 Å². The van der Waals surface area contributed by atoms with Gasteiger partial charge in [0, 0.05) is 46.9 Å². The molecule has 4 aromatic rings. The number of ether oxygens (including phenoxy) is 2. The maximum atomic E-state index is 13.4. The Kier molecular flexibility index (Phi) is 4.34. The maximum absolute atomic E-state index is 13.4. The van der Waals surface area contributed by atoms with E-state index in [-0.39, 0.29) is 35.1 Å². The molecular formula is C27H17NO7. The SMILES string of the molecule is O=C1OC2(c3ccc(O)cc3Oc3cc(O)ccc32)c2cccc(Cc3ccccc3[N+](=O)[O-])c21. The molecule has 0 aliphatic carbocycles. The van der Waals surface area contributed by atoms with Crippen molar-refractivity contribution in [3.63, 3.8) is 0 Å². The van der Waals surface area contributed by atoms with Gasteiger partial charge in [0.05, 0.1) is 10.5 Å². The number of carbonyl (C=O) groups excluding carboxylic acids is 1. The van der Waals surface area contributed by atoms with Crippen LogP contribution < -0.4 is 4.74 Å². The van der Waals surface area contributed by atoms with E-state index < -0.39 is 16.5 Å². The van der Waals surface area contributed by atoms with E-state index in [9.17, 15) is 25.1 Å². The second-order valence-electron chi connectivity index (χ2n) is 8.44. The zero-order chi connectivity index (χ0) is 24.3. The van der Waals surface area contributed by atoms with Crippen LogP contribution in [0.3, 0.4) is 0 Å². The monoisotopic (exact) mass is 467 g/mol. The number of carbonyl (C=O) groups is 1. The molecule has 35 heavy (non-hydrogen) atoms. The van der Waals surface area contributed by atoms with Gasteiger partial charge >= 0.3 is 5.97 Å². The first-order valence-corrected chi connectivity index (χ1v) is 10.8. The van der Waals surface area contributed by atoms with Crippen LogP contribution in [0.5, 0.6) is 23.0 Å². The van der Waals surface area contributed by atoms with Crippen molar-refractivity contribution >= 4 is 11.7 Å². The van der Waals surface area contributed by atoms with Crippen LogP contribution in [0.25, 0.3) is 0 Å². The minimum Gasteiger partial charge on any atom is -0.508 e. The first kappa shape index (κ1) is 20.7. The molecule has 0 amide bonds. The van der Waals surface area contributed by atoms with Crippen molar-refractivity contribution in [1.29, 1.82) is 0 Å². The molecule has 8 heteroatoms. The fourth-order valence-corrected chi connectivity index (χ4v) is 5.01.